The maximum atomic E-state index is 13.7. The zero-order valence-corrected chi connectivity index (χ0v) is 19.2. The minimum Gasteiger partial charge on any atom is -0.352 e. The lowest BCUT2D eigenvalue weighted by Gasteiger charge is -2.35. The number of amides is 1. The number of carbonyl (C=O) groups is 1. The normalized spacial score (nSPS) is 13.5. The van der Waals surface area contributed by atoms with Crippen LogP contribution in [0.25, 0.3) is 16.9 Å². The van der Waals surface area contributed by atoms with Crippen molar-refractivity contribution in [1.82, 2.24) is 19.7 Å². The van der Waals surface area contributed by atoms with Crippen molar-refractivity contribution in [3.63, 3.8) is 0 Å². The molecule has 3 heterocycles. The van der Waals surface area contributed by atoms with Gasteiger partial charge in [-0.05, 0) is 49.4 Å². The fourth-order valence-electron chi connectivity index (χ4n) is 4.29. The summed E-state index contributed by atoms with van der Waals surface area (Å²) in [7, 11) is 0. The Balaban J connectivity index is 1.44. The van der Waals surface area contributed by atoms with Crippen molar-refractivity contribution in [3.05, 3.63) is 95.6 Å². The van der Waals surface area contributed by atoms with Crippen LogP contribution in [-0.2, 0) is 0 Å². The topological polar surface area (TPSA) is 78.1 Å². The summed E-state index contributed by atoms with van der Waals surface area (Å²) in [5.74, 6) is 0.198. The van der Waals surface area contributed by atoms with Crippen molar-refractivity contribution in [3.8, 4) is 23.0 Å². The first-order chi connectivity index (χ1) is 17.0. The van der Waals surface area contributed by atoms with Gasteiger partial charge < -0.3 is 9.80 Å². The molecule has 0 N–H and O–H groups in total. The number of anilines is 1. The zero-order valence-electron chi connectivity index (χ0n) is 19.2. The zero-order chi connectivity index (χ0) is 24.4. The Hall–Kier alpha value is -4.51. The van der Waals surface area contributed by atoms with Gasteiger partial charge in [-0.25, -0.2) is 14.1 Å². The smallest absolute Gasteiger partial charge is 0.257 e. The Labute approximate surface area is 202 Å². The van der Waals surface area contributed by atoms with Crippen LogP contribution in [0.5, 0.6) is 0 Å². The monoisotopic (exact) mass is 466 g/mol. The summed E-state index contributed by atoms with van der Waals surface area (Å²) < 4.78 is 15.1. The van der Waals surface area contributed by atoms with E-state index < -0.39 is 0 Å². The minimum atomic E-state index is -0.332. The predicted octanol–water partition coefficient (Wildman–Crippen LogP) is 4.22. The van der Waals surface area contributed by atoms with Crippen LogP contribution in [0.1, 0.15) is 21.5 Å². The van der Waals surface area contributed by atoms with Crippen LogP contribution < -0.4 is 4.90 Å². The van der Waals surface area contributed by atoms with Crippen molar-refractivity contribution in [2.45, 2.75) is 6.92 Å². The fraction of sp³-hybridized carbons (Fsp3) is 0.185. The number of aromatic nitrogens is 3. The van der Waals surface area contributed by atoms with Gasteiger partial charge in [-0.15, -0.1) is 0 Å². The molecule has 0 saturated carbocycles. The Morgan fingerprint density at radius 2 is 1.80 bits per heavy atom. The highest BCUT2D eigenvalue weighted by Crippen LogP contribution is 2.27. The summed E-state index contributed by atoms with van der Waals surface area (Å²) >= 11 is 0. The van der Waals surface area contributed by atoms with Crippen molar-refractivity contribution < 1.29 is 9.18 Å². The van der Waals surface area contributed by atoms with Crippen molar-refractivity contribution in [2.24, 2.45) is 0 Å². The summed E-state index contributed by atoms with van der Waals surface area (Å²) in [5, 5.41) is 14.1. The first kappa shape index (κ1) is 22.3. The van der Waals surface area contributed by atoms with E-state index in [0.717, 1.165) is 11.1 Å². The SMILES string of the molecule is Cc1cccc(-c2nn(-c3ccc(F)cc3)cc2C(=O)N2CCN(c3ncccc3C#N)CC2)c1. The fourth-order valence-corrected chi connectivity index (χ4v) is 4.29. The number of aryl methyl sites for hydroxylation is 1. The average molecular weight is 467 g/mol. The van der Waals surface area contributed by atoms with E-state index in [1.54, 1.807) is 46.2 Å². The lowest BCUT2D eigenvalue weighted by Crippen LogP contribution is -2.49. The molecule has 4 aromatic rings. The van der Waals surface area contributed by atoms with Crippen LogP contribution in [0.2, 0.25) is 0 Å². The molecule has 1 fully saturated rings. The number of nitrogens with zero attached hydrogens (tertiary/aromatic N) is 6. The van der Waals surface area contributed by atoms with Gasteiger partial charge in [0.2, 0.25) is 0 Å². The Morgan fingerprint density at radius 3 is 2.51 bits per heavy atom. The predicted molar refractivity (Wildman–Crippen MR) is 131 cm³/mol. The number of benzene rings is 2. The maximum Gasteiger partial charge on any atom is 0.257 e. The molecule has 0 aliphatic carbocycles. The Bertz CT molecular complexity index is 1410. The number of carbonyl (C=O) groups excluding carboxylic acids is 1. The first-order valence-corrected chi connectivity index (χ1v) is 11.4. The quantitative estimate of drug-likeness (QED) is 0.450. The molecule has 1 aliphatic heterocycles. The van der Waals surface area contributed by atoms with E-state index in [1.807, 2.05) is 36.1 Å². The van der Waals surface area contributed by atoms with E-state index in [9.17, 15) is 14.4 Å². The van der Waals surface area contributed by atoms with Crippen LogP contribution in [0.3, 0.4) is 0 Å². The molecule has 0 radical (unpaired) electrons. The van der Waals surface area contributed by atoms with Gasteiger partial charge in [0.1, 0.15) is 23.4 Å². The number of hydrogen-bond donors (Lipinski definition) is 0. The molecule has 174 valence electrons. The number of halogens is 1. The third kappa shape index (κ3) is 4.49. The second kappa shape index (κ2) is 9.39. The molecule has 0 bridgehead atoms. The van der Waals surface area contributed by atoms with Gasteiger partial charge in [0.05, 0.1) is 16.8 Å². The number of pyridine rings is 1. The number of rotatable bonds is 4. The lowest BCUT2D eigenvalue weighted by atomic mass is 10.0. The molecule has 1 saturated heterocycles. The van der Waals surface area contributed by atoms with Gasteiger partial charge in [-0.2, -0.15) is 10.4 Å². The highest BCUT2D eigenvalue weighted by atomic mass is 19.1. The molecular formula is C27H23FN6O. The molecule has 7 nitrogen and oxygen atoms in total. The first-order valence-electron chi connectivity index (χ1n) is 11.4. The average Bonchev–Trinajstić information content (AvgIpc) is 3.34. The molecule has 2 aromatic heterocycles. The van der Waals surface area contributed by atoms with E-state index in [4.69, 9.17) is 5.10 Å². The summed E-state index contributed by atoms with van der Waals surface area (Å²) in [6.07, 6.45) is 3.39. The molecule has 35 heavy (non-hydrogen) atoms. The minimum absolute atomic E-state index is 0.115. The summed E-state index contributed by atoms with van der Waals surface area (Å²) in [6, 6.07) is 19.6. The van der Waals surface area contributed by atoms with Gasteiger partial charge in [-0.3, -0.25) is 4.79 Å². The lowest BCUT2D eigenvalue weighted by molar-refractivity contribution is 0.0747. The highest BCUT2D eigenvalue weighted by Gasteiger charge is 2.28. The largest absolute Gasteiger partial charge is 0.352 e. The van der Waals surface area contributed by atoms with Crippen molar-refractivity contribution >= 4 is 11.7 Å². The van der Waals surface area contributed by atoms with Crippen LogP contribution >= 0.6 is 0 Å². The second-order valence-corrected chi connectivity index (χ2v) is 8.45. The van der Waals surface area contributed by atoms with E-state index in [2.05, 4.69) is 11.1 Å². The number of piperazine rings is 1. The molecule has 8 heteroatoms. The molecule has 5 rings (SSSR count). The van der Waals surface area contributed by atoms with Crippen LogP contribution in [0.15, 0.2) is 73.1 Å². The van der Waals surface area contributed by atoms with E-state index in [0.29, 0.717) is 54.5 Å². The van der Waals surface area contributed by atoms with Gasteiger partial charge >= 0.3 is 0 Å². The van der Waals surface area contributed by atoms with Crippen LogP contribution in [-0.4, -0.2) is 51.8 Å². The summed E-state index contributed by atoms with van der Waals surface area (Å²) in [5.41, 5.74) is 4.18. The van der Waals surface area contributed by atoms with Gasteiger partial charge in [0.25, 0.3) is 5.91 Å². The molecule has 1 amide bonds. The molecular weight excluding hydrogens is 443 g/mol. The number of nitriles is 1. The van der Waals surface area contributed by atoms with Gasteiger partial charge in [-0.1, -0.05) is 23.8 Å². The molecule has 0 spiro atoms. The van der Waals surface area contributed by atoms with Gasteiger partial charge in [0.15, 0.2) is 0 Å². The van der Waals surface area contributed by atoms with Gasteiger partial charge in [0, 0.05) is 44.1 Å². The highest BCUT2D eigenvalue weighted by molar-refractivity contribution is 6.00. The van der Waals surface area contributed by atoms with Crippen molar-refractivity contribution in [2.75, 3.05) is 31.1 Å². The van der Waals surface area contributed by atoms with E-state index in [-0.39, 0.29) is 11.7 Å². The molecule has 1 aliphatic rings. The van der Waals surface area contributed by atoms with Crippen molar-refractivity contribution in [1.29, 1.82) is 5.26 Å². The Morgan fingerprint density at radius 1 is 1.03 bits per heavy atom. The molecule has 0 atom stereocenters. The third-order valence-corrected chi connectivity index (χ3v) is 6.10. The van der Waals surface area contributed by atoms with Crippen LogP contribution in [0, 0.1) is 24.1 Å². The summed E-state index contributed by atoms with van der Waals surface area (Å²) in [4.78, 5) is 21.9. The van der Waals surface area contributed by atoms with Crippen LogP contribution in [0.4, 0.5) is 10.2 Å². The standard InChI is InChI=1S/C27H23FN6O/c1-19-4-2-5-20(16-19)25-24(18-34(31-25)23-9-7-22(28)8-10-23)27(35)33-14-12-32(13-15-33)26-21(17-29)6-3-11-30-26/h2-11,16,18H,12-15H2,1H3. The molecule has 0 unspecified atom stereocenters. The summed E-state index contributed by atoms with van der Waals surface area (Å²) in [6.45, 7) is 4.13. The Kier molecular flexibility index (Phi) is 5.98. The van der Waals surface area contributed by atoms with E-state index >= 15 is 0 Å². The third-order valence-electron chi connectivity index (χ3n) is 6.10. The number of hydrogen-bond acceptors (Lipinski definition) is 5. The maximum absolute atomic E-state index is 13.7. The second-order valence-electron chi connectivity index (χ2n) is 8.45. The van der Waals surface area contributed by atoms with E-state index in [1.165, 1.54) is 12.1 Å². The molecule has 2 aromatic carbocycles.